The summed E-state index contributed by atoms with van der Waals surface area (Å²) in [5.74, 6) is 0.843. The Labute approximate surface area is 200 Å². The first-order valence-corrected chi connectivity index (χ1v) is 12.3. The molecule has 0 saturated carbocycles. The van der Waals surface area contributed by atoms with Gasteiger partial charge in [0.2, 0.25) is 0 Å². The second kappa shape index (κ2) is 9.34. The lowest BCUT2D eigenvalue weighted by Crippen LogP contribution is -2.19. The Bertz CT molecular complexity index is 1490. The van der Waals surface area contributed by atoms with Crippen LogP contribution in [0.3, 0.4) is 0 Å². The maximum Gasteiger partial charge on any atom is 0.182 e. The molecular formula is C26H26N5O2S+. The molecule has 0 saturated heterocycles. The molecule has 172 valence electrons. The third kappa shape index (κ3) is 4.31. The van der Waals surface area contributed by atoms with Crippen molar-refractivity contribution in [1.82, 2.24) is 19.5 Å². The molecule has 2 N–H and O–H groups in total. The summed E-state index contributed by atoms with van der Waals surface area (Å²) >= 11 is 0. The zero-order valence-electron chi connectivity index (χ0n) is 19.0. The van der Waals surface area contributed by atoms with E-state index in [0.717, 1.165) is 51.0 Å². The highest BCUT2D eigenvalue weighted by Gasteiger charge is 2.17. The normalized spacial score (nSPS) is 12.5. The van der Waals surface area contributed by atoms with Crippen molar-refractivity contribution in [1.29, 1.82) is 0 Å². The van der Waals surface area contributed by atoms with Gasteiger partial charge in [-0.15, -0.1) is 5.14 Å². The summed E-state index contributed by atoms with van der Waals surface area (Å²) in [6.45, 7) is 1.51. The maximum atomic E-state index is 12.0. The molecule has 34 heavy (non-hydrogen) atoms. The van der Waals surface area contributed by atoms with E-state index in [1.165, 1.54) is 0 Å². The number of hydrogen-bond donors (Lipinski definition) is 1. The lowest BCUT2D eigenvalue weighted by Gasteiger charge is -2.11. The van der Waals surface area contributed by atoms with Crippen LogP contribution in [0.5, 0.6) is 5.75 Å². The van der Waals surface area contributed by atoms with Crippen molar-refractivity contribution >= 4 is 27.4 Å². The van der Waals surface area contributed by atoms with Crippen LogP contribution in [-0.4, -0.2) is 46.7 Å². The molecule has 2 heterocycles. The molecule has 1 unspecified atom stereocenters. The Morgan fingerprint density at radius 1 is 0.941 bits per heavy atom. The Morgan fingerprint density at radius 2 is 1.71 bits per heavy atom. The van der Waals surface area contributed by atoms with E-state index < -0.39 is 11.0 Å². The lowest BCUT2D eigenvalue weighted by atomic mass is 10.00. The molecule has 2 aromatic heterocycles. The van der Waals surface area contributed by atoms with Gasteiger partial charge in [0.25, 0.3) is 0 Å². The summed E-state index contributed by atoms with van der Waals surface area (Å²) < 4.78 is 19.6. The number of fused-ring (bicyclic) bond motifs is 2. The molecule has 5 rings (SSSR count). The summed E-state index contributed by atoms with van der Waals surface area (Å²) in [4.78, 5) is 7.47. The van der Waals surface area contributed by atoms with Crippen LogP contribution in [0.15, 0.2) is 84.1 Å². The van der Waals surface area contributed by atoms with E-state index in [-0.39, 0.29) is 0 Å². The molecule has 0 aliphatic carbocycles. The number of ether oxygens (including phenoxy) is 1. The number of hydrogen-bond acceptors (Lipinski definition) is 5. The standard InChI is InChI=1S/C26H25N5O2S/c1-30(2)13-14-33-20-9-7-18(8-10-20)19-15-28-26-24(16-29-31(26)17-19)22-11-12-25(34(27)32)23-6-4-3-5-21(22)23/h3-12,15-17H,13-14H2,1-2H3,(H2,27,32)/p+1. The minimum atomic E-state index is -1.94. The van der Waals surface area contributed by atoms with E-state index in [1.807, 2.05) is 93.3 Å². The van der Waals surface area contributed by atoms with E-state index in [9.17, 15) is 4.21 Å². The smallest absolute Gasteiger partial charge is 0.182 e. The highest BCUT2D eigenvalue weighted by Crippen LogP contribution is 2.34. The van der Waals surface area contributed by atoms with Crippen molar-refractivity contribution in [2.75, 3.05) is 27.2 Å². The second-order valence-corrected chi connectivity index (χ2v) is 9.48. The van der Waals surface area contributed by atoms with Crippen LogP contribution in [-0.2, 0) is 15.2 Å². The van der Waals surface area contributed by atoms with E-state index in [2.05, 4.69) is 10.00 Å². The molecular weight excluding hydrogens is 446 g/mol. The van der Waals surface area contributed by atoms with Gasteiger partial charge in [-0.05, 0) is 60.9 Å². The molecule has 0 amide bonds. The molecule has 0 aliphatic rings. The summed E-state index contributed by atoms with van der Waals surface area (Å²) in [5, 5.41) is 12.1. The van der Waals surface area contributed by atoms with Gasteiger partial charge in [0.05, 0.1) is 6.20 Å². The van der Waals surface area contributed by atoms with Gasteiger partial charge < -0.3 is 9.64 Å². The molecule has 8 heteroatoms. The molecule has 0 aliphatic heterocycles. The predicted molar refractivity (Wildman–Crippen MR) is 137 cm³/mol. The van der Waals surface area contributed by atoms with Crippen LogP contribution >= 0.6 is 0 Å². The first-order valence-electron chi connectivity index (χ1n) is 11.0. The molecule has 1 atom stereocenters. The Hall–Kier alpha value is -3.59. The minimum Gasteiger partial charge on any atom is -0.492 e. The van der Waals surface area contributed by atoms with Gasteiger partial charge >= 0.3 is 0 Å². The van der Waals surface area contributed by atoms with E-state index in [0.29, 0.717) is 11.5 Å². The van der Waals surface area contributed by atoms with Crippen molar-refractivity contribution in [3.05, 3.63) is 79.3 Å². The van der Waals surface area contributed by atoms with E-state index in [1.54, 1.807) is 4.52 Å². The van der Waals surface area contributed by atoms with Crippen molar-refractivity contribution in [2.24, 2.45) is 5.14 Å². The van der Waals surface area contributed by atoms with Gasteiger partial charge in [0.15, 0.2) is 21.5 Å². The summed E-state index contributed by atoms with van der Waals surface area (Å²) in [6, 6.07) is 19.6. The quantitative estimate of drug-likeness (QED) is 0.285. The molecule has 7 nitrogen and oxygen atoms in total. The zero-order chi connectivity index (χ0) is 23.7. The number of nitrogens with two attached hydrogens (primary N) is 1. The molecule has 0 fully saturated rings. The van der Waals surface area contributed by atoms with Gasteiger partial charge in [-0.3, -0.25) is 0 Å². The lowest BCUT2D eigenvalue weighted by molar-refractivity contribution is 0.261. The Kier molecular flexibility index (Phi) is 6.10. The van der Waals surface area contributed by atoms with Crippen LogP contribution in [0.4, 0.5) is 0 Å². The van der Waals surface area contributed by atoms with Crippen molar-refractivity contribution in [3.63, 3.8) is 0 Å². The number of nitrogens with zero attached hydrogens (tertiary/aromatic N) is 4. The Morgan fingerprint density at radius 3 is 2.44 bits per heavy atom. The second-order valence-electron chi connectivity index (χ2n) is 8.35. The average molecular weight is 473 g/mol. The third-order valence-electron chi connectivity index (χ3n) is 5.78. The van der Waals surface area contributed by atoms with Gasteiger partial charge in [-0.2, -0.15) is 5.10 Å². The van der Waals surface area contributed by atoms with Crippen LogP contribution in [0.25, 0.3) is 38.7 Å². The highest BCUT2D eigenvalue weighted by atomic mass is 32.2. The third-order valence-corrected chi connectivity index (χ3v) is 6.64. The summed E-state index contributed by atoms with van der Waals surface area (Å²) in [5.41, 5.74) is 4.63. The van der Waals surface area contributed by atoms with Gasteiger partial charge in [0.1, 0.15) is 12.4 Å². The van der Waals surface area contributed by atoms with Gasteiger partial charge in [0, 0.05) is 35.5 Å². The largest absolute Gasteiger partial charge is 0.492 e. The molecule has 3 aromatic carbocycles. The summed E-state index contributed by atoms with van der Waals surface area (Å²) in [6.07, 6.45) is 5.65. The molecule has 0 bridgehead atoms. The highest BCUT2D eigenvalue weighted by molar-refractivity contribution is 7.82. The number of thiol groups is 1. The van der Waals surface area contributed by atoms with Crippen molar-refractivity contribution in [2.45, 2.75) is 4.90 Å². The maximum absolute atomic E-state index is 12.0. The minimum absolute atomic E-state index is 0.646. The number of aromatic nitrogens is 3. The topological polar surface area (TPSA) is 85.7 Å². The zero-order valence-corrected chi connectivity index (χ0v) is 19.9. The first kappa shape index (κ1) is 22.2. The van der Waals surface area contributed by atoms with E-state index in [4.69, 9.17) is 14.9 Å². The number of rotatable bonds is 7. The summed E-state index contributed by atoms with van der Waals surface area (Å²) in [7, 11) is 2.11. The van der Waals surface area contributed by atoms with E-state index >= 15 is 0 Å². The predicted octanol–water partition coefficient (Wildman–Crippen LogP) is 4.09. The molecule has 0 radical (unpaired) electrons. The monoisotopic (exact) mass is 472 g/mol. The fourth-order valence-electron chi connectivity index (χ4n) is 4.01. The van der Waals surface area contributed by atoms with Crippen molar-refractivity contribution < 1.29 is 8.95 Å². The van der Waals surface area contributed by atoms with Crippen LogP contribution in [0.1, 0.15) is 0 Å². The van der Waals surface area contributed by atoms with Gasteiger partial charge in [-0.1, -0.05) is 34.5 Å². The molecule has 0 spiro atoms. The number of benzene rings is 3. The SMILES string of the molecule is CN(C)CCOc1ccc(-c2cnc3c(-c4ccc([SH+](N)=O)c5ccccc45)cnn3c2)cc1. The van der Waals surface area contributed by atoms with Crippen LogP contribution in [0.2, 0.25) is 0 Å². The molecule has 5 aromatic rings. The van der Waals surface area contributed by atoms with Crippen molar-refractivity contribution in [3.8, 4) is 28.0 Å². The van der Waals surface area contributed by atoms with Crippen LogP contribution < -0.4 is 9.88 Å². The van der Waals surface area contributed by atoms with Crippen LogP contribution in [0, 0.1) is 0 Å². The number of likely N-dealkylation sites (N-methyl/N-ethyl adjacent to an activating group) is 1. The first-order chi connectivity index (χ1) is 16.5. The fraction of sp³-hybridized carbons (Fsp3) is 0.154. The Balaban J connectivity index is 1.47. The van der Waals surface area contributed by atoms with Gasteiger partial charge in [-0.25, -0.2) is 9.50 Å². The average Bonchev–Trinajstić information content (AvgIpc) is 3.26. The fourth-order valence-corrected chi connectivity index (χ4v) is 4.67.